The second kappa shape index (κ2) is 5.40. The predicted octanol–water partition coefficient (Wildman–Crippen LogP) is 2.61. The SMILES string of the molecule is CNc1cc([N+](=O)[O-])cc(NC2Cc3ccccc3C2)n1. The summed E-state index contributed by atoms with van der Waals surface area (Å²) in [7, 11) is 1.70. The molecule has 0 aliphatic heterocycles. The number of fused-ring (bicyclic) bond motifs is 1. The second-order valence-electron chi connectivity index (χ2n) is 5.12. The molecule has 1 aromatic heterocycles. The van der Waals surface area contributed by atoms with E-state index in [4.69, 9.17) is 0 Å². The van der Waals surface area contributed by atoms with Crippen LogP contribution in [0.5, 0.6) is 0 Å². The van der Waals surface area contributed by atoms with Gasteiger partial charge < -0.3 is 10.6 Å². The topological polar surface area (TPSA) is 80.1 Å². The van der Waals surface area contributed by atoms with E-state index in [9.17, 15) is 10.1 Å². The minimum absolute atomic E-state index is 0.0346. The van der Waals surface area contributed by atoms with E-state index in [-0.39, 0.29) is 11.7 Å². The standard InChI is InChI=1S/C15H16N4O2/c1-16-14-8-13(19(20)21)9-15(18-14)17-12-6-10-4-2-3-5-11(10)7-12/h2-5,8-9,12H,6-7H2,1H3,(H2,16,17,18). The van der Waals surface area contributed by atoms with Gasteiger partial charge in [-0.1, -0.05) is 24.3 Å². The Hall–Kier alpha value is -2.63. The number of pyridine rings is 1. The first-order chi connectivity index (χ1) is 10.2. The quantitative estimate of drug-likeness (QED) is 0.666. The Morgan fingerprint density at radius 3 is 2.38 bits per heavy atom. The molecule has 1 aromatic carbocycles. The molecule has 0 saturated carbocycles. The van der Waals surface area contributed by atoms with E-state index in [1.807, 2.05) is 12.1 Å². The van der Waals surface area contributed by atoms with E-state index in [2.05, 4.69) is 27.8 Å². The second-order valence-corrected chi connectivity index (χ2v) is 5.12. The van der Waals surface area contributed by atoms with E-state index < -0.39 is 4.92 Å². The lowest BCUT2D eigenvalue weighted by Crippen LogP contribution is -2.20. The molecular formula is C15H16N4O2. The smallest absolute Gasteiger partial charge is 0.276 e. The summed E-state index contributed by atoms with van der Waals surface area (Å²) in [5, 5.41) is 17.1. The van der Waals surface area contributed by atoms with Crippen molar-refractivity contribution >= 4 is 17.3 Å². The first-order valence-electron chi connectivity index (χ1n) is 6.83. The van der Waals surface area contributed by atoms with E-state index in [1.165, 1.54) is 23.3 Å². The minimum Gasteiger partial charge on any atom is -0.373 e. The third kappa shape index (κ3) is 2.79. The summed E-state index contributed by atoms with van der Waals surface area (Å²) >= 11 is 0. The number of nitrogens with zero attached hydrogens (tertiary/aromatic N) is 2. The van der Waals surface area contributed by atoms with E-state index in [1.54, 1.807) is 7.05 Å². The van der Waals surface area contributed by atoms with Crippen LogP contribution >= 0.6 is 0 Å². The zero-order valence-electron chi connectivity index (χ0n) is 11.7. The molecule has 0 unspecified atom stereocenters. The van der Waals surface area contributed by atoms with Gasteiger partial charge in [0.1, 0.15) is 11.6 Å². The molecule has 1 aliphatic carbocycles. The van der Waals surface area contributed by atoms with Crippen molar-refractivity contribution in [2.75, 3.05) is 17.7 Å². The highest BCUT2D eigenvalue weighted by Crippen LogP contribution is 2.26. The summed E-state index contributed by atoms with van der Waals surface area (Å²) in [4.78, 5) is 14.9. The van der Waals surface area contributed by atoms with Crippen LogP contribution in [-0.4, -0.2) is 23.0 Å². The molecule has 1 heterocycles. The highest BCUT2D eigenvalue weighted by atomic mass is 16.6. The van der Waals surface area contributed by atoms with Crippen molar-refractivity contribution in [3.63, 3.8) is 0 Å². The molecule has 0 atom stereocenters. The van der Waals surface area contributed by atoms with Crippen LogP contribution in [0.3, 0.4) is 0 Å². The van der Waals surface area contributed by atoms with Crippen LogP contribution in [0.2, 0.25) is 0 Å². The first-order valence-corrected chi connectivity index (χ1v) is 6.83. The van der Waals surface area contributed by atoms with Gasteiger partial charge in [0.05, 0.1) is 17.1 Å². The molecule has 0 saturated heterocycles. The largest absolute Gasteiger partial charge is 0.373 e. The Kier molecular flexibility index (Phi) is 3.43. The molecule has 0 spiro atoms. The normalized spacial score (nSPS) is 13.8. The summed E-state index contributed by atoms with van der Waals surface area (Å²) < 4.78 is 0. The average Bonchev–Trinajstić information content (AvgIpc) is 2.88. The van der Waals surface area contributed by atoms with Crippen LogP contribution in [0.4, 0.5) is 17.3 Å². The Labute approximate surface area is 122 Å². The average molecular weight is 284 g/mol. The van der Waals surface area contributed by atoms with Gasteiger partial charge in [-0.3, -0.25) is 10.1 Å². The van der Waals surface area contributed by atoms with Gasteiger partial charge >= 0.3 is 0 Å². The molecule has 0 bridgehead atoms. The number of nitro groups is 1. The molecule has 0 radical (unpaired) electrons. The maximum Gasteiger partial charge on any atom is 0.276 e. The number of benzene rings is 1. The Balaban J connectivity index is 1.80. The molecule has 0 fully saturated rings. The fourth-order valence-corrected chi connectivity index (χ4v) is 2.69. The summed E-state index contributed by atoms with van der Waals surface area (Å²) in [6.07, 6.45) is 1.82. The van der Waals surface area contributed by atoms with Crippen molar-refractivity contribution in [1.29, 1.82) is 0 Å². The van der Waals surface area contributed by atoms with Crippen LogP contribution in [0.1, 0.15) is 11.1 Å². The maximum atomic E-state index is 11.0. The van der Waals surface area contributed by atoms with Crippen LogP contribution in [0, 0.1) is 10.1 Å². The molecule has 108 valence electrons. The molecule has 2 aromatic rings. The molecule has 0 amide bonds. The van der Waals surface area contributed by atoms with Crippen molar-refractivity contribution < 1.29 is 4.92 Å². The summed E-state index contributed by atoms with van der Waals surface area (Å²) in [6, 6.07) is 11.4. The number of anilines is 2. The number of hydrogen-bond acceptors (Lipinski definition) is 5. The van der Waals surface area contributed by atoms with Gasteiger partial charge in [-0.25, -0.2) is 4.98 Å². The molecule has 6 nitrogen and oxygen atoms in total. The zero-order valence-corrected chi connectivity index (χ0v) is 11.7. The van der Waals surface area contributed by atoms with Crippen molar-refractivity contribution in [2.45, 2.75) is 18.9 Å². The van der Waals surface area contributed by atoms with Gasteiger partial charge in [0.2, 0.25) is 0 Å². The monoisotopic (exact) mass is 284 g/mol. The fourth-order valence-electron chi connectivity index (χ4n) is 2.69. The Morgan fingerprint density at radius 1 is 1.19 bits per heavy atom. The molecule has 21 heavy (non-hydrogen) atoms. The van der Waals surface area contributed by atoms with E-state index in [0.717, 1.165) is 12.8 Å². The lowest BCUT2D eigenvalue weighted by atomic mass is 10.1. The fraction of sp³-hybridized carbons (Fsp3) is 0.267. The summed E-state index contributed by atoms with van der Waals surface area (Å²) in [6.45, 7) is 0. The molecular weight excluding hydrogens is 268 g/mol. The lowest BCUT2D eigenvalue weighted by molar-refractivity contribution is -0.384. The molecule has 1 aliphatic rings. The zero-order chi connectivity index (χ0) is 14.8. The third-order valence-corrected chi connectivity index (χ3v) is 3.68. The van der Waals surface area contributed by atoms with Gasteiger partial charge in [-0.05, 0) is 24.0 Å². The van der Waals surface area contributed by atoms with Gasteiger partial charge in [0.25, 0.3) is 5.69 Å². The van der Waals surface area contributed by atoms with Gasteiger partial charge in [-0.2, -0.15) is 0 Å². The highest BCUT2D eigenvalue weighted by Gasteiger charge is 2.22. The van der Waals surface area contributed by atoms with Crippen LogP contribution in [-0.2, 0) is 12.8 Å². The van der Waals surface area contributed by atoms with Crippen LogP contribution in [0.15, 0.2) is 36.4 Å². The van der Waals surface area contributed by atoms with Gasteiger partial charge in [0.15, 0.2) is 0 Å². The molecule has 2 N–H and O–H groups in total. The molecule has 3 rings (SSSR count). The molecule has 6 heteroatoms. The Bertz CT molecular complexity index is 662. The van der Waals surface area contributed by atoms with Gasteiger partial charge in [-0.15, -0.1) is 0 Å². The van der Waals surface area contributed by atoms with Crippen molar-refractivity contribution in [2.24, 2.45) is 0 Å². The highest BCUT2D eigenvalue weighted by molar-refractivity contribution is 5.55. The van der Waals surface area contributed by atoms with Crippen molar-refractivity contribution in [1.82, 2.24) is 4.98 Å². The first kappa shape index (κ1) is 13.4. The lowest BCUT2D eigenvalue weighted by Gasteiger charge is -2.13. The van der Waals surface area contributed by atoms with Crippen molar-refractivity contribution in [3.8, 4) is 0 Å². The Morgan fingerprint density at radius 2 is 1.81 bits per heavy atom. The van der Waals surface area contributed by atoms with Crippen LogP contribution < -0.4 is 10.6 Å². The van der Waals surface area contributed by atoms with E-state index in [0.29, 0.717) is 11.6 Å². The summed E-state index contributed by atoms with van der Waals surface area (Å²) in [5.74, 6) is 1.02. The van der Waals surface area contributed by atoms with Gasteiger partial charge in [0, 0.05) is 13.1 Å². The number of hydrogen-bond donors (Lipinski definition) is 2. The minimum atomic E-state index is -0.406. The summed E-state index contributed by atoms with van der Waals surface area (Å²) in [5.41, 5.74) is 2.69. The third-order valence-electron chi connectivity index (χ3n) is 3.68. The predicted molar refractivity (Wildman–Crippen MR) is 81.7 cm³/mol. The van der Waals surface area contributed by atoms with Crippen LogP contribution in [0.25, 0.3) is 0 Å². The van der Waals surface area contributed by atoms with E-state index >= 15 is 0 Å². The van der Waals surface area contributed by atoms with Crippen molar-refractivity contribution in [3.05, 3.63) is 57.6 Å². The number of nitrogens with one attached hydrogen (secondary N) is 2. The number of rotatable bonds is 4. The maximum absolute atomic E-state index is 11.0. The number of aromatic nitrogens is 1.